The van der Waals surface area contributed by atoms with Gasteiger partial charge in [0.05, 0.1) is 13.1 Å². The third kappa shape index (κ3) is 6.23. The minimum atomic E-state index is -4.34. The average molecular weight is 267 g/mol. The molecule has 1 aliphatic carbocycles. The summed E-state index contributed by atoms with van der Waals surface area (Å²) < 4.78 is 37.1. The molecule has 0 spiro atoms. The third-order valence-electron chi connectivity index (χ3n) is 3.32. The normalized spacial score (nSPS) is 25.4. The average Bonchev–Trinajstić information content (AvgIpc) is 2.12. The van der Waals surface area contributed by atoms with Gasteiger partial charge in [0.1, 0.15) is 0 Å². The number of hydrogen-bond donors (Lipinski definition) is 1. The van der Waals surface area contributed by atoms with Crippen molar-refractivity contribution in [1.82, 2.24) is 4.90 Å². The summed E-state index contributed by atoms with van der Waals surface area (Å²) in [5, 5.41) is 8.65. The second-order valence-corrected chi connectivity index (χ2v) is 5.32. The Morgan fingerprint density at radius 1 is 1.39 bits per heavy atom. The molecular weight excluding hydrogens is 247 g/mol. The highest BCUT2D eigenvalue weighted by atomic mass is 19.4. The van der Waals surface area contributed by atoms with E-state index in [1.54, 1.807) is 0 Å². The number of nitrogens with zero attached hydrogens (tertiary/aromatic N) is 1. The highest BCUT2D eigenvalue weighted by molar-refractivity contribution is 5.69. The van der Waals surface area contributed by atoms with Crippen LogP contribution >= 0.6 is 0 Å². The highest BCUT2D eigenvalue weighted by Gasteiger charge is 2.33. The van der Waals surface area contributed by atoms with Crippen LogP contribution in [0.25, 0.3) is 0 Å². The molecule has 1 rings (SSSR count). The van der Waals surface area contributed by atoms with Crippen LogP contribution in [-0.2, 0) is 4.79 Å². The number of carboxylic acid groups (broad SMARTS) is 1. The van der Waals surface area contributed by atoms with E-state index < -0.39 is 25.2 Å². The number of carboxylic acids is 1. The molecule has 0 aromatic heterocycles. The van der Waals surface area contributed by atoms with E-state index in [4.69, 9.17) is 5.11 Å². The van der Waals surface area contributed by atoms with Crippen molar-refractivity contribution in [2.24, 2.45) is 11.8 Å². The van der Waals surface area contributed by atoms with E-state index in [1.807, 2.05) is 0 Å². The van der Waals surface area contributed by atoms with Crippen LogP contribution in [0.2, 0.25) is 0 Å². The minimum absolute atomic E-state index is 0.190. The first-order chi connectivity index (χ1) is 8.26. The summed E-state index contributed by atoms with van der Waals surface area (Å²) in [6.45, 7) is 0.655. The van der Waals surface area contributed by atoms with Crippen LogP contribution in [0.5, 0.6) is 0 Å². The molecule has 106 valence electrons. The van der Waals surface area contributed by atoms with Gasteiger partial charge in [-0.3, -0.25) is 9.69 Å². The summed E-state index contributed by atoms with van der Waals surface area (Å²) in [4.78, 5) is 11.6. The lowest BCUT2D eigenvalue weighted by molar-refractivity contribution is -0.155. The lowest BCUT2D eigenvalue weighted by Crippen LogP contribution is -2.41. The van der Waals surface area contributed by atoms with Crippen molar-refractivity contribution in [3.05, 3.63) is 0 Å². The number of alkyl halides is 3. The SMILES string of the molecule is CC1CCCC(CN(CC(=O)O)CC(F)(F)F)C1. The van der Waals surface area contributed by atoms with Crippen molar-refractivity contribution in [3.8, 4) is 0 Å². The van der Waals surface area contributed by atoms with Crippen LogP contribution in [0.4, 0.5) is 13.2 Å². The van der Waals surface area contributed by atoms with E-state index in [2.05, 4.69) is 6.92 Å². The summed E-state index contributed by atoms with van der Waals surface area (Å²) >= 11 is 0. The molecule has 3 nitrogen and oxygen atoms in total. The molecule has 0 aromatic rings. The molecule has 0 amide bonds. The number of halogens is 3. The zero-order valence-electron chi connectivity index (χ0n) is 10.5. The molecule has 0 aromatic carbocycles. The van der Waals surface area contributed by atoms with Crippen molar-refractivity contribution in [2.45, 2.75) is 38.8 Å². The molecular formula is C12H20F3NO2. The third-order valence-corrected chi connectivity index (χ3v) is 3.32. The predicted octanol–water partition coefficient (Wildman–Crippen LogP) is 2.76. The van der Waals surface area contributed by atoms with E-state index in [0.29, 0.717) is 5.92 Å². The molecule has 2 unspecified atom stereocenters. The van der Waals surface area contributed by atoms with Gasteiger partial charge in [-0.2, -0.15) is 13.2 Å². The summed E-state index contributed by atoms with van der Waals surface area (Å²) in [7, 11) is 0. The van der Waals surface area contributed by atoms with Gasteiger partial charge in [0, 0.05) is 6.54 Å². The fourth-order valence-corrected chi connectivity index (χ4v) is 2.72. The monoisotopic (exact) mass is 267 g/mol. The maximum absolute atomic E-state index is 12.4. The zero-order valence-corrected chi connectivity index (χ0v) is 10.5. The van der Waals surface area contributed by atoms with Gasteiger partial charge in [-0.05, 0) is 24.7 Å². The Balaban J connectivity index is 2.51. The highest BCUT2D eigenvalue weighted by Crippen LogP contribution is 2.29. The fraction of sp³-hybridized carbons (Fsp3) is 0.917. The Hall–Kier alpha value is -0.780. The molecule has 0 heterocycles. The van der Waals surface area contributed by atoms with E-state index in [1.165, 1.54) is 0 Å². The van der Waals surface area contributed by atoms with Crippen LogP contribution in [-0.4, -0.2) is 41.8 Å². The molecule has 0 radical (unpaired) electrons. The Morgan fingerprint density at radius 3 is 2.56 bits per heavy atom. The summed E-state index contributed by atoms with van der Waals surface area (Å²) in [5.41, 5.74) is 0. The Labute approximate surface area is 105 Å². The van der Waals surface area contributed by atoms with Crippen molar-refractivity contribution < 1.29 is 23.1 Å². The van der Waals surface area contributed by atoms with Gasteiger partial charge >= 0.3 is 12.1 Å². The number of hydrogen-bond acceptors (Lipinski definition) is 2. The van der Waals surface area contributed by atoms with Gasteiger partial charge in [-0.1, -0.05) is 19.8 Å². The molecule has 0 saturated heterocycles. The zero-order chi connectivity index (χ0) is 13.8. The first-order valence-electron chi connectivity index (χ1n) is 6.27. The fourth-order valence-electron chi connectivity index (χ4n) is 2.72. The van der Waals surface area contributed by atoms with Gasteiger partial charge in [-0.25, -0.2) is 0 Å². The van der Waals surface area contributed by atoms with Crippen LogP contribution in [0.15, 0.2) is 0 Å². The van der Waals surface area contributed by atoms with Crippen molar-refractivity contribution >= 4 is 5.97 Å². The second-order valence-electron chi connectivity index (χ2n) is 5.32. The first-order valence-corrected chi connectivity index (χ1v) is 6.27. The molecule has 1 N–H and O–H groups in total. The van der Waals surface area contributed by atoms with Crippen LogP contribution in [0, 0.1) is 11.8 Å². The molecule has 0 bridgehead atoms. The molecule has 0 aliphatic heterocycles. The summed E-state index contributed by atoms with van der Waals surface area (Å²) in [6.07, 6.45) is -0.393. The van der Waals surface area contributed by atoms with E-state index in [9.17, 15) is 18.0 Å². The molecule has 1 fully saturated rings. The van der Waals surface area contributed by atoms with Gasteiger partial charge < -0.3 is 5.11 Å². The second kappa shape index (κ2) is 6.41. The van der Waals surface area contributed by atoms with Crippen LogP contribution in [0.1, 0.15) is 32.6 Å². The van der Waals surface area contributed by atoms with Crippen molar-refractivity contribution in [2.75, 3.05) is 19.6 Å². The van der Waals surface area contributed by atoms with Gasteiger partial charge in [-0.15, -0.1) is 0 Å². The van der Waals surface area contributed by atoms with Gasteiger partial charge in [0.15, 0.2) is 0 Å². The molecule has 1 aliphatic rings. The molecule has 18 heavy (non-hydrogen) atoms. The maximum Gasteiger partial charge on any atom is 0.401 e. The van der Waals surface area contributed by atoms with Crippen molar-refractivity contribution in [1.29, 1.82) is 0 Å². The summed E-state index contributed by atoms with van der Waals surface area (Å²) in [6, 6.07) is 0. The van der Waals surface area contributed by atoms with E-state index in [-0.39, 0.29) is 12.5 Å². The van der Waals surface area contributed by atoms with Gasteiger partial charge in [0.25, 0.3) is 0 Å². The maximum atomic E-state index is 12.4. The number of rotatable bonds is 5. The first kappa shape index (κ1) is 15.3. The quantitative estimate of drug-likeness (QED) is 0.832. The van der Waals surface area contributed by atoms with Crippen LogP contribution in [0.3, 0.4) is 0 Å². The van der Waals surface area contributed by atoms with E-state index >= 15 is 0 Å². The Bertz CT molecular complexity index is 281. The largest absolute Gasteiger partial charge is 0.480 e. The van der Waals surface area contributed by atoms with E-state index in [0.717, 1.165) is 30.6 Å². The Morgan fingerprint density at radius 2 is 2.06 bits per heavy atom. The molecule has 1 saturated carbocycles. The number of aliphatic carboxylic acids is 1. The molecule has 2 atom stereocenters. The summed E-state index contributed by atoms with van der Waals surface area (Å²) in [5.74, 6) is -0.486. The van der Waals surface area contributed by atoms with Crippen LogP contribution < -0.4 is 0 Å². The topological polar surface area (TPSA) is 40.5 Å². The minimum Gasteiger partial charge on any atom is -0.480 e. The lowest BCUT2D eigenvalue weighted by atomic mass is 9.82. The van der Waals surface area contributed by atoms with Gasteiger partial charge in [0.2, 0.25) is 0 Å². The standard InChI is InChI=1S/C12H20F3NO2/c1-9-3-2-4-10(5-9)6-16(7-11(17)18)8-12(13,14)15/h9-10H,2-8H2,1H3,(H,17,18). The predicted molar refractivity (Wildman–Crippen MR) is 61.3 cm³/mol. The Kier molecular flexibility index (Phi) is 5.44. The lowest BCUT2D eigenvalue weighted by Gasteiger charge is -2.31. The smallest absolute Gasteiger partial charge is 0.401 e. The molecule has 6 heteroatoms. The number of carbonyl (C=O) groups is 1. The van der Waals surface area contributed by atoms with Crippen molar-refractivity contribution in [3.63, 3.8) is 0 Å².